The Morgan fingerprint density at radius 1 is 1.40 bits per heavy atom. The van der Waals surface area contributed by atoms with Crippen molar-refractivity contribution in [3.8, 4) is 0 Å². The standard InChI is InChI=1S/C15H22N2O2S/c1-3-19-10-9-17(2)15(18)13(14(16)20)11-12-7-5-4-6-8-12/h4-8,13H,3,9-11H2,1-2H3,(H2,16,20). The van der Waals surface area contributed by atoms with Crippen molar-refractivity contribution in [1.82, 2.24) is 4.90 Å². The molecule has 1 atom stereocenters. The van der Waals surface area contributed by atoms with Gasteiger partial charge >= 0.3 is 0 Å². The second-order valence-corrected chi connectivity index (χ2v) is 5.07. The van der Waals surface area contributed by atoms with Crippen molar-refractivity contribution >= 4 is 23.1 Å². The number of hydrogen-bond acceptors (Lipinski definition) is 3. The number of nitrogens with zero attached hydrogens (tertiary/aromatic N) is 1. The lowest BCUT2D eigenvalue weighted by Gasteiger charge is -2.23. The van der Waals surface area contributed by atoms with Crippen LogP contribution >= 0.6 is 12.2 Å². The first-order chi connectivity index (χ1) is 9.56. The Bertz CT molecular complexity index is 437. The molecule has 110 valence electrons. The summed E-state index contributed by atoms with van der Waals surface area (Å²) in [6.07, 6.45) is 0.536. The van der Waals surface area contributed by atoms with Crippen molar-refractivity contribution in [2.45, 2.75) is 13.3 Å². The van der Waals surface area contributed by atoms with Gasteiger partial charge in [-0.1, -0.05) is 42.5 Å². The number of carbonyl (C=O) groups is 1. The smallest absolute Gasteiger partial charge is 0.232 e. The minimum Gasteiger partial charge on any atom is -0.393 e. The van der Waals surface area contributed by atoms with E-state index in [0.717, 1.165) is 5.56 Å². The predicted octanol–water partition coefficient (Wildman–Crippen LogP) is 1.63. The van der Waals surface area contributed by atoms with Crippen LogP contribution in [0, 0.1) is 5.92 Å². The van der Waals surface area contributed by atoms with Crippen molar-refractivity contribution in [3.63, 3.8) is 0 Å². The van der Waals surface area contributed by atoms with Crippen molar-refractivity contribution in [1.29, 1.82) is 0 Å². The van der Waals surface area contributed by atoms with Gasteiger partial charge in [0.15, 0.2) is 0 Å². The summed E-state index contributed by atoms with van der Waals surface area (Å²) in [5, 5.41) is 0. The minimum atomic E-state index is -0.459. The average molecular weight is 294 g/mol. The number of benzene rings is 1. The van der Waals surface area contributed by atoms with Crippen LogP contribution in [-0.2, 0) is 16.0 Å². The number of rotatable bonds is 8. The van der Waals surface area contributed by atoms with Crippen LogP contribution in [0.5, 0.6) is 0 Å². The van der Waals surface area contributed by atoms with Crippen molar-refractivity contribution in [3.05, 3.63) is 35.9 Å². The molecule has 4 nitrogen and oxygen atoms in total. The van der Waals surface area contributed by atoms with E-state index in [4.69, 9.17) is 22.7 Å². The summed E-state index contributed by atoms with van der Waals surface area (Å²) < 4.78 is 5.25. The molecule has 2 N–H and O–H groups in total. The third kappa shape index (κ3) is 5.27. The van der Waals surface area contributed by atoms with E-state index in [9.17, 15) is 4.79 Å². The quantitative estimate of drug-likeness (QED) is 0.585. The van der Waals surface area contributed by atoms with Gasteiger partial charge in [0, 0.05) is 20.2 Å². The molecule has 0 aliphatic carbocycles. The van der Waals surface area contributed by atoms with Crippen molar-refractivity contribution < 1.29 is 9.53 Å². The summed E-state index contributed by atoms with van der Waals surface area (Å²) in [5.74, 6) is -0.514. The van der Waals surface area contributed by atoms with E-state index in [0.29, 0.717) is 26.2 Å². The van der Waals surface area contributed by atoms with Crippen LogP contribution in [0.25, 0.3) is 0 Å². The molecule has 0 heterocycles. The highest BCUT2D eigenvalue weighted by Gasteiger charge is 2.24. The molecule has 0 saturated carbocycles. The van der Waals surface area contributed by atoms with Crippen molar-refractivity contribution in [2.24, 2.45) is 11.7 Å². The highest BCUT2D eigenvalue weighted by atomic mass is 32.1. The van der Waals surface area contributed by atoms with Gasteiger partial charge < -0.3 is 15.4 Å². The fourth-order valence-electron chi connectivity index (χ4n) is 1.88. The SMILES string of the molecule is CCOCCN(C)C(=O)C(Cc1ccccc1)C(N)=S. The molecule has 0 aliphatic heterocycles. The van der Waals surface area contributed by atoms with Gasteiger partial charge in [-0.15, -0.1) is 0 Å². The van der Waals surface area contributed by atoms with Crippen LogP contribution in [0.3, 0.4) is 0 Å². The molecule has 0 aliphatic rings. The fourth-order valence-corrected chi connectivity index (χ4v) is 2.07. The maximum atomic E-state index is 12.4. The van der Waals surface area contributed by atoms with E-state index in [2.05, 4.69) is 0 Å². The number of hydrogen-bond donors (Lipinski definition) is 1. The summed E-state index contributed by atoms with van der Waals surface area (Å²) in [5.41, 5.74) is 6.78. The number of likely N-dealkylation sites (N-methyl/N-ethyl adjacent to an activating group) is 1. The first-order valence-electron chi connectivity index (χ1n) is 6.72. The zero-order chi connectivity index (χ0) is 15.0. The summed E-state index contributed by atoms with van der Waals surface area (Å²) in [7, 11) is 1.75. The summed E-state index contributed by atoms with van der Waals surface area (Å²) in [6, 6.07) is 9.76. The summed E-state index contributed by atoms with van der Waals surface area (Å²) in [4.78, 5) is 14.3. The van der Waals surface area contributed by atoms with E-state index in [1.54, 1.807) is 11.9 Å². The second-order valence-electron chi connectivity index (χ2n) is 4.60. The zero-order valence-electron chi connectivity index (χ0n) is 12.0. The van der Waals surface area contributed by atoms with Crippen molar-refractivity contribution in [2.75, 3.05) is 26.8 Å². The van der Waals surface area contributed by atoms with Crippen LogP contribution in [0.2, 0.25) is 0 Å². The van der Waals surface area contributed by atoms with Crippen LogP contribution in [0.4, 0.5) is 0 Å². The van der Waals surface area contributed by atoms with Gasteiger partial charge in [0.25, 0.3) is 0 Å². The van der Waals surface area contributed by atoms with Gasteiger partial charge in [0.2, 0.25) is 5.91 Å². The number of carbonyl (C=O) groups excluding carboxylic acids is 1. The monoisotopic (exact) mass is 294 g/mol. The predicted molar refractivity (Wildman–Crippen MR) is 84.6 cm³/mol. The molecule has 0 bridgehead atoms. The van der Waals surface area contributed by atoms with E-state index in [1.165, 1.54) is 0 Å². The molecule has 1 rings (SSSR count). The Balaban J connectivity index is 2.65. The second kappa shape index (κ2) is 8.66. The highest BCUT2D eigenvalue weighted by molar-refractivity contribution is 7.80. The molecule has 1 amide bonds. The minimum absolute atomic E-state index is 0.0546. The molecule has 5 heteroatoms. The lowest BCUT2D eigenvalue weighted by Crippen LogP contribution is -2.41. The first kappa shape index (κ1) is 16.6. The van der Waals surface area contributed by atoms with Gasteiger partial charge in [0.1, 0.15) is 0 Å². The molecule has 0 radical (unpaired) electrons. The molecule has 0 saturated heterocycles. The third-order valence-corrected chi connectivity index (χ3v) is 3.36. The van der Waals surface area contributed by atoms with Crippen LogP contribution < -0.4 is 5.73 Å². The number of thiocarbonyl (C=S) groups is 1. The van der Waals surface area contributed by atoms with Gasteiger partial charge in [-0.3, -0.25) is 4.79 Å². The lowest BCUT2D eigenvalue weighted by molar-refractivity contribution is -0.132. The Morgan fingerprint density at radius 3 is 2.60 bits per heavy atom. The van der Waals surface area contributed by atoms with Crippen LogP contribution in [0.15, 0.2) is 30.3 Å². The molecule has 0 spiro atoms. The highest BCUT2D eigenvalue weighted by Crippen LogP contribution is 2.12. The van der Waals surface area contributed by atoms with Crippen LogP contribution in [-0.4, -0.2) is 42.6 Å². The van der Waals surface area contributed by atoms with Gasteiger partial charge in [0.05, 0.1) is 17.5 Å². The maximum absolute atomic E-state index is 12.4. The normalized spacial score (nSPS) is 11.9. The number of ether oxygens (including phenoxy) is 1. The van der Waals surface area contributed by atoms with Crippen LogP contribution in [0.1, 0.15) is 12.5 Å². The lowest BCUT2D eigenvalue weighted by atomic mass is 9.98. The Kier molecular flexibility index (Phi) is 7.18. The summed E-state index contributed by atoms with van der Waals surface area (Å²) >= 11 is 5.05. The van der Waals surface area contributed by atoms with Gasteiger partial charge in [-0.25, -0.2) is 0 Å². The topological polar surface area (TPSA) is 55.6 Å². The molecule has 1 aromatic carbocycles. The maximum Gasteiger partial charge on any atom is 0.232 e. The molecule has 1 unspecified atom stereocenters. The molecular formula is C15H22N2O2S. The molecule has 0 fully saturated rings. The molecule has 20 heavy (non-hydrogen) atoms. The number of amides is 1. The van der Waals surface area contributed by atoms with Gasteiger partial charge in [-0.2, -0.15) is 0 Å². The largest absolute Gasteiger partial charge is 0.393 e. The molecular weight excluding hydrogens is 272 g/mol. The number of nitrogens with two attached hydrogens (primary N) is 1. The Morgan fingerprint density at radius 2 is 2.05 bits per heavy atom. The third-order valence-electron chi connectivity index (χ3n) is 3.08. The van der Waals surface area contributed by atoms with Gasteiger partial charge in [-0.05, 0) is 18.9 Å². The first-order valence-corrected chi connectivity index (χ1v) is 7.13. The van der Waals surface area contributed by atoms with E-state index < -0.39 is 5.92 Å². The summed E-state index contributed by atoms with van der Waals surface area (Å²) in [6.45, 7) is 3.63. The fraction of sp³-hybridized carbons (Fsp3) is 0.467. The van der Waals surface area contributed by atoms with E-state index >= 15 is 0 Å². The Labute approximate surface area is 125 Å². The van der Waals surface area contributed by atoms with E-state index in [1.807, 2.05) is 37.3 Å². The zero-order valence-corrected chi connectivity index (χ0v) is 12.9. The van der Waals surface area contributed by atoms with E-state index in [-0.39, 0.29) is 10.9 Å². The molecule has 0 aromatic heterocycles. The molecule has 1 aromatic rings. The Hall–Kier alpha value is -1.46. The average Bonchev–Trinajstić information content (AvgIpc) is 2.45.